The van der Waals surface area contributed by atoms with Crippen molar-refractivity contribution in [3.63, 3.8) is 0 Å². The van der Waals surface area contributed by atoms with E-state index < -0.39 is 0 Å². The Morgan fingerprint density at radius 2 is 2.19 bits per heavy atom. The van der Waals surface area contributed by atoms with Crippen molar-refractivity contribution in [3.05, 3.63) is 60.1 Å². The lowest BCUT2D eigenvalue weighted by molar-refractivity contribution is 0.0955. The van der Waals surface area contributed by atoms with Crippen LogP contribution in [0.15, 0.2) is 53.3 Å². The van der Waals surface area contributed by atoms with Crippen molar-refractivity contribution in [2.75, 3.05) is 6.54 Å². The lowest BCUT2D eigenvalue weighted by Gasteiger charge is -2.07. The molecule has 0 aliphatic heterocycles. The Balaban J connectivity index is 1.58. The number of carbonyl (C=O) groups excluding carboxylic acids is 1. The lowest BCUT2D eigenvalue weighted by atomic mass is 10.1. The molecule has 0 unspecified atom stereocenters. The number of hydrogen-bond donors (Lipinski definition) is 3. The van der Waals surface area contributed by atoms with Crippen LogP contribution < -0.4 is 5.32 Å². The first-order valence-corrected chi connectivity index (χ1v) is 8.27. The van der Waals surface area contributed by atoms with Gasteiger partial charge in [0.25, 0.3) is 5.91 Å². The predicted molar refractivity (Wildman–Crippen MR) is 96.9 cm³/mol. The number of H-pyrrole nitrogens is 1. The predicted octanol–water partition coefficient (Wildman–Crippen LogP) is 2.84. The molecule has 4 rings (SSSR count). The molecule has 0 saturated heterocycles. The highest BCUT2D eigenvalue weighted by atomic mass is 16.3. The average Bonchev–Trinajstić information content (AvgIpc) is 3.35. The van der Waals surface area contributed by atoms with Crippen LogP contribution in [0.1, 0.15) is 16.1 Å². The Kier molecular flexibility index (Phi) is 3.96. The Hall–Kier alpha value is -3.48. The summed E-state index contributed by atoms with van der Waals surface area (Å²) in [6.07, 6.45) is 4.24. The molecule has 0 atom stereocenters. The summed E-state index contributed by atoms with van der Waals surface area (Å²) >= 11 is 0. The van der Waals surface area contributed by atoms with Crippen molar-refractivity contribution < 1.29 is 14.3 Å². The molecule has 3 heterocycles. The number of benzene rings is 1. The van der Waals surface area contributed by atoms with Crippen molar-refractivity contribution >= 4 is 16.9 Å². The van der Waals surface area contributed by atoms with E-state index in [9.17, 15) is 9.90 Å². The maximum atomic E-state index is 12.6. The van der Waals surface area contributed by atoms with Crippen molar-refractivity contribution in [2.45, 2.75) is 6.42 Å². The average molecular weight is 350 g/mol. The first-order chi connectivity index (χ1) is 12.6. The molecule has 1 aromatic carbocycles. The Labute approximate surface area is 149 Å². The standard InChI is InChI=1S/C19H18N4O3/c1-23-10-2-4-12(23)8-9-20-19(25)13-6-7-14(24)17-16(13)21-18(22-17)15-5-3-11-26-15/h2-7,10-11,24H,8-9H2,1H3,(H,20,25)(H,21,22). The molecule has 26 heavy (non-hydrogen) atoms. The van der Waals surface area contributed by atoms with E-state index in [0.29, 0.717) is 34.7 Å². The highest BCUT2D eigenvalue weighted by molar-refractivity contribution is 6.06. The third-order valence-electron chi connectivity index (χ3n) is 4.34. The molecule has 0 saturated carbocycles. The molecular formula is C19H18N4O3. The molecule has 0 radical (unpaired) electrons. The Bertz CT molecular complexity index is 1060. The summed E-state index contributed by atoms with van der Waals surface area (Å²) in [4.78, 5) is 20.0. The van der Waals surface area contributed by atoms with E-state index in [1.807, 2.05) is 29.9 Å². The van der Waals surface area contributed by atoms with E-state index >= 15 is 0 Å². The topological polar surface area (TPSA) is 96.1 Å². The summed E-state index contributed by atoms with van der Waals surface area (Å²) in [6.45, 7) is 0.508. The Morgan fingerprint density at radius 1 is 1.31 bits per heavy atom. The summed E-state index contributed by atoms with van der Waals surface area (Å²) < 4.78 is 7.35. The summed E-state index contributed by atoms with van der Waals surface area (Å²) in [7, 11) is 1.97. The smallest absolute Gasteiger partial charge is 0.253 e. The SMILES string of the molecule is Cn1cccc1CCNC(=O)c1ccc(O)c2[nH]c(-c3ccco3)nc12. The summed E-state index contributed by atoms with van der Waals surface area (Å²) in [5.41, 5.74) is 2.36. The summed E-state index contributed by atoms with van der Waals surface area (Å²) in [5, 5.41) is 13.0. The zero-order valence-electron chi connectivity index (χ0n) is 14.2. The number of aromatic nitrogens is 3. The van der Waals surface area contributed by atoms with Gasteiger partial charge in [-0.25, -0.2) is 4.98 Å². The maximum absolute atomic E-state index is 12.6. The second-order valence-electron chi connectivity index (χ2n) is 6.03. The minimum Gasteiger partial charge on any atom is -0.506 e. The number of hydrogen-bond acceptors (Lipinski definition) is 4. The lowest BCUT2D eigenvalue weighted by Crippen LogP contribution is -2.26. The van der Waals surface area contributed by atoms with Crippen molar-refractivity contribution in [2.24, 2.45) is 7.05 Å². The molecule has 7 heteroatoms. The van der Waals surface area contributed by atoms with E-state index in [0.717, 1.165) is 12.1 Å². The van der Waals surface area contributed by atoms with Gasteiger partial charge in [0, 0.05) is 31.9 Å². The quantitative estimate of drug-likeness (QED) is 0.516. The van der Waals surface area contributed by atoms with Crippen LogP contribution >= 0.6 is 0 Å². The number of fused-ring (bicyclic) bond motifs is 1. The number of nitrogens with zero attached hydrogens (tertiary/aromatic N) is 2. The van der Waals surface area contributed by atoms with Crippen molar-refractivity contribution in [1.29, 1.82) is 0 Å². The van der Waals surface area contributed by atoms with Gasteiger partial charge in [0.2, 0.25) is 0 Å². The van der Waals surface area contributed by atoms with Gasteiger partial charge in [-0.2, -0.15) is 0 Å². The van der Waals surface area contributed by atoms with E-state index in [1.54, 1.807) is 24.5 Å². The summed E-state index contributed by atoms with van der Waals surface area (Å²) in [6, 6.07) is 10.6. The number of aromatic hydroxyl groups is 1. The number of rotatable bonds is 5. The number of phenols is 1. The zero-order valence-corrected chi connectivity index (χ0v) is 14.2. The highest BCUT2D eigenvalue weighted by Gasteiger charge is 2.18. The van der Waals surface area contributed by atoms with Gasteiger partial charge in [-0.05, 0) is 36.4 Å². The van der Waals surface area contributed by atoms with Crippen LogP contribution in [0.2, 0.25) is 0 Å². The third kappa shape index (κ3) is 2.83. The number of aromatic amines is 1. The van der Waals surface area contributed by atoms with Crippen LogP contribution in [0.3, 0.4) is 0 Å². The fourth-order valence-corrected chi connectivity index (χ4v) is 2.95. The van der Waals surface area contributed by atoms with Crippen LogP contribution in [-0.2, 0) is 13.5 Å². The molecule has 0 aliphatic carbocycles. The van der Waals surface area contributed by atoms with Gasteiger partial charge < -0.3 is 24.4 Å². The van der Waals surface area contributed by atoms with Crippen molar-refractivity contribution in [3.8, 4) is 17.3 Å². The molecule has 0 bridgehead atoms. The van der Waals surface area contributed by atoms with Crippen LogP contribution in [0.25, 0.3) is 22.6 Å². The molecule has 7 nitrogen and oxygen atoms in total. The Morgan fingerprint density at radius 3 is 2.92 bits per heavy atom. The van der Waals surface area contributed by atoms with E-state index in [-0.39, 0.29) is 11.7 Å². The third-order valence-corrected chi connectivity index (χ3v) is 4.34. The van der Waals surface area contributed by atoms with Gasteiger partial charge in [-0.3, -0.25) is 4.79 Å². The number of furan rings is 1. The normalized spacial score (nSPS) is 11.1. The molecule has 0 fully saturated rings. The molecule has 132 valence electrons. The van der Waals surface area contributed by atoms with Crippen LogP contribution in [0.5, 0.6) is 5.75 Å². The minimum absolute atomic E-state index is 0.0330. The maximum Gasteiger partial charge on any atom is 0.253 e. The van der Waals surface area contributed by atoms with E-state index in [1.165, 1.54) is 6.07 Å². The second-order valence-corrected chi connectivity index (χ2v) is 6.03. The zero-order chi connectivity index (χ0) is 18.1. The van der Waals surface area contributed by atoms with Gasteiger partial charge in [-0.15, -0.1) is 0 Å². The van der Waals surface area contributed by atoms with Crippen LogP contribution in [-0.4, -0.2) is 32.1 Å². The van der Waals surface area contributed by atoms with Gasteiger partial charge in [-0.1, -0.05) is 0 Å². The fourth-order valence-electron chi connectivity index (χ4n) is 2.95. The molecule has 1 amide bonds. The minimum atomic E-state index is -0.235. The molecular weight excluding hydrogens is 332 g/mol. The number of nitrogens with one attached hydrogen (secondary N) is 2. The molecule has 4 aromatic rings. The number of phenolic OH excluding ortho intramolecular Hbond substituents is 1. The van der Waals surface area contributed by atoms with Crippen LogP contribution in [0.4, 0.5) is 0 Å². The monoisotopic (exact) mass is 350 g/mol. The van der Waals surface area contributed by atoms with Gasteiger partial charge >= 0.3 is 0 Å². The molecule has 3 aromatic heterocycles. The largest absolute Gasteiger partial charge is 0.506 e. The number of imidazole rings is 1. The first-order valence-electron chi connectivity index (χ1n) is 8.27. The first kappa shape index (κ1) is 16.0. The van der Waals surface area contributed by atoms with Gasteiger partial charge in [0.15, 0.2) is 11.6 Å². The van der Waals surface area contributed by atoms with E-state index in [4.69, 9.17) is 4.42 Å². The van der Waals surface area contributed by atoms with E-state index in [2.05, 4.69) is 15.3 Å². The molecule has 3 N–H and O–H groups in total. The fraction of sp³-hybridized carbons (Fsp3) is 0.158. The molecule has 0 spiro atoms. The molecule has 0 aliphatic rings. The number of amides is 1. The highest BCUT2D eigenvalue weighted by Crippen LogP contribution is 2.29. The number of aryl methyl sites for hydroxylation is 1. The second kappa shape index (κ2) is 6.44. The summed E-state index contributed by atoms with van der Waals surface area (Å²) in [5.74, 6) is 0.799. The van der Waals surface area contributed by atoms with Gasteiger partial charge in [0.05, 0.1) is 11.8 Å². The van der Waals surface area contributed by atoms with Crippen molar-refractivity contribution in [1.82, 2.24) is 19.9 Å². The van der Waals surface area contributed by atoms with Gasteiger partial charge in [0.1, 0.15) is 16.8 Å². The van der Waals surface area contributed by atoms with Crippen LogP contribution in [0, 0.1) is 0 Å². The number of carbonyl (C=O) groups is 1.